The Morgan fingerprint density at radius 3 is 2.62 bits per heavy atom. The highest BCUT2D eigenvalue weighted by Crippen LogP contribution is 2.25. The number of carbonyl (C=O) groups excluding carboxylic acids is 3. The van der Waals surface area contributed by atoms with Crippen molar-refractivity contribution in [1.82, 2.24) is 5.32 Å². The molecule has 9 heteroatoms. The third-order valence-corrected chi connectivity index (χ3v) is 3.23. The Morgan fingerprint density at radius 1 is 1.17 bits per heavy atom. The maximum atomic E-state index is 12.5. The largest absolute Gasteiger partial charge is 0.465 e. The van der Waals surface area contributed by atoms with Crippen LogP contribution in [0, 0.1) is 10.1 Å². The molecule has 1 saturated heterocycles. The molecule has 0 aliphatic carbocycles. The van der Waals surface area contributed by atoms with Crippen LogP contribution in [0.25, 0.3) is 6.08 Å². The van der Waals surface area contributed by atoms with Crippen molar-refractivity contribution >= 4 is 35.3 Å². The van der Waals surface area contributed by atoms with Crippen LogP contribution in [0.15, 0.2) is 52.7 Å². The number of benzene rings is 1. The van der Waals surface area contributed by atoms with Gasteiger partial charge in [-0.05, 0) is 24.3 Å². The number of carbonyl (C=O) groups is 3. The summed E-state index contributed by atoms with van der Waals surface area (Å²) in [4.78, 5) is 47.3. The van der Waals surface area contributed by atoms with Gasteiger partial charge in [0.2, 0.25) is 0 Å². The van der Waals surface area contributed by atoms with Crippen LogP contribution >= 0.6 is 0 Å². The number of nitrogens with zero attached hydrogens (tertiary/aromatic N) is 2. The lowest BCUT2D eigenvalue weighted by Crippen LogP contribution is -2.54. The number of nitro groups is 1. The molecule has 2 aromatic rings. The number of urea groups is 1. The SMILES string of the molecule is O=C1NC(=O)N(c2cccc([N+](=O)[O-])c2)C(=O)/C1=C/c1ccco1. The van der Waals surface area contributed by atoms with E-state index in [1.54, 1.807) is 6.07 Å². The average molecular weight is 327 g/mol. The number of furan rings is 1. The molecule has 1 aliphatic rings. The normalized spacial score (nSPS) is 16.4. The van der Waals surface area contributed by atoms with Crippen molar-refractivity contribution in [2.45, 2.75) is 0 Å². The summed E-state index contributed by atoms with van der Waals surface area (Å²) in [5.41, 5.74) is -0.637. The lowest BCUT2D eigenvalue weighted by Gasteiger charge is -2.26. The summed E-state index contributed by atoms with van der Waals surface area (Å²) < 4.78 is 5.05. The number of barbiturate groups is 1. The molecule has 1 aliphatic heterocycles. The van der Waals surface area contributed by atoms with Crippen molar-refractivity contribution < 1.29 is 23.7 Å². The number of nitro benzene ring substituents is 1. The molecule has 0 radical (unpaired) electrons. The number of hydrogen-bond donors (Lipinski definition) is 1. The van der Waals surface area contributed by atoms with Crippen LogP contribution in [0.1, 0.15) is 5.76 Å². The second-order valence-corrected chi connectivity index (χ2v) is 4.75. The molecule has 0 unspecified atom stereocenters. The predicted molar refractivity (Wildman–Crippen MR) is 80.8 cm³/mol. The van der Waals surface area contributed by atoms with E-state index in [1.807, 2.05) is 5.32 Å². The van der Waals surface area contributed by atoms with Gasteiger partial charge in [0.05, 0.1) is 16.9 Å². The molecule has 1 aromatic heterocycles. The quantitative estimate of drug-likeness (QED) is 0.397. The highest BCUT2D eigenvalue weighted by molar-refractivity contribution is 6.39. The summed E-state index contributed by atoms with van der Waals surface area (Å²) in [5, 5.41) is 12.9. The van der Waals surface area contributed by atoms with Crippen LogP contribution in [0.4, 0.5) is 16.2 Å². The van der Waals surface area contributed by atoms with Crippen LogP contribution in [-0.2, 0) is 9.59 Å². The molecule has 1 N–H and O–H groups in total. The van der Waals surface area contributed by atoms with E-state index in [0.717, 1.165) is 6.07 Å². The van der Waals surface area contributed by atoms with Gasteiger partial charge in [0, 0.05) is 12.1 Å². The van der Waals surface area contributed by atoms with Gasteiger partial charge in [0.25, 0.3) is 17.5 Å². The maximum Gasteiger partial charge on any atom is 0.335 e. The molecule has 1 aromatic carbocycles. The van der Waals surface area contributed by atoms with Gasteiger partial charge in [-0.2, -0.15) is 0 Å². The summed E-state index contributed by atoms with van der Waals surface area (Å²) in [6.45, 7) is 0. The topological polar surface area (TPSA) is 123 Å². The van der Waals surface area contributed by atoms with Gasteiger partial charge in [0.1, 0.15) is 11.3 Å². The minimum absolute atomic E-state index is 0.0236. The third kappa shape index (κ3) is 2.65. The number of amides is 4. The zero-order valence-corrected chi connectivity index (χ0v) is 12.0. The molecule has 4 amide bonds. The Labute approximate surface area is 134 Å². The van der Waals surface area contributed by atoms with Gasteiger partial charge >= 0.3 is 6.03 Å². The minimum Gasteiger partial charge on any atom is -0.465 e. The number of nitrogens with one attached hydrogen (secondary N) is 1. The Kier molecular flexibility index (Phi) is 3.66. The fourth-order valence-electron chi connectivity index (χ4n) is 2.15. The zero-order valence-electron chi connectivity index (χ0n) is 12.0. The fourth-order valence-corrected chi connectivity index (χ4v) is 2.15. The number of imide groups is 2. The molecule has 120 valence electrons. The highest BCUT2D eigenvalue weighted by atomic mass is 16.6. The first-order chi connectivity index (χ1) is 11.5. The Morgan fingerprint density at radius 2 is 1.96 bits per heavy atom. The summed E-state index contributed by atoms with van der Waals surface area (Å²) >= 11 is 0. The van der Waals surface area contributed by atoms with Crippen molar-refractivity contribution in [2.75, 3.05) is 4.90 Å². The van der Waals surface area contributed by atoms with E-state index in [-0.39, 0.29) is 22.7 Å². The lowest BCUT2D eigenvalue weighted by molar-refractivity contribution is -0.384. The van der Waals surface area contributed by atoms with E-state index in [2.05, 4.69) is 0 Å². The van der Waals surface area contributed by atoms with Crippen molar-refractivity contribution in [3.05, 3.63) is 64.1 Å². The van der Waals surface area contributed by atoms with Gasteiger partial charge in [-0.3, -0.25) is 25.0 Å². The lowest BCUT2D eigenvalue weighted by atomic mass is 10.1. The molecule has 0 bridgehead atoms. The Bertz CT molecular complexity index is 884. The van der Waals surface area contributed by atoms with E-state index in [0.29, 0.717) is 4.90 Å². The van der Waals surface area contributed by atoms with Crippen molar-refractivity contribution in [3.63, 3.8) is 0 Å². The average Bonchev–Trinajstić information content (AvgIpc) is 3.04. The molecule has 0 spiro atoms. The third-order valence-electron chi connectivity index (χ3n) is 3.23. The van der Waals surface area contributed by atoms with Gasteiger partial charge < -0.3 is 4.42 Å². The van der Waals surface area contributed by atoms with Crippen LogP contribution in [0.5, 0.6) is 0 Å². The molecule has 9 nitrogen and oxygen atoms in total. The minimum atomic E-state index is -0.984. The van der Waals surface area contributed by atoms with Crippen LogP contribution < -0.4 is 10.2 Å². The summed E-state index contributed by atoms with van der Waals surface area (Å²) in [5.74, 6) is -1.52. The highest BCUT2D eigenvalue weighted by Gasteiger charge is 2.37. The number of non-ortho nitro benzene ring substituents is 1. The second-order valence-electron chi connectivity index (χ2n) is 4.75. The van der Waals surface area contributed by atoms with E-state index < -0.39 is 22.8 Å². The first kappa shape index (κ1) is 15.2. The molecular weight excluding hydrogens is 318 g/mol. The molecule has 0 atom stereocenters. The smallest absolute Gasteiger partial charge is 0.335 e. The maximum absolute atomic E-state index is 12.5. The predicted octanol–water partition coefficient (Wildman–Crippen LogP) is 1.85. The molecule has 0 saturated carbocycles. The van der Waals surface area contributed by atoms with Gasteiger partial charge in [-0.25, -0.2) is 9.69 Å². The van der Waals surface area contributed by atoms with Gasteiger partial charge in [0.15, 0.2) is 0 Å². The van der Waals surface area contributed by atoms with Crippen LogP contribution in [0.2, 0.25) is 0 Å². The van der Waals surface area contributed by atoms with Gasteiger partial charge in [-0.15, -0.1) is 0 Å². The van der Waals surface area contributed by atoms with Crippen molar-refractivity contribution in [2.24, 2.45) is 0 Å². The second kappa shape index (κ2) is 5.80. The standard InChI is InChI=1S/C15H9N3O6/c19-13-12(8-11-5-2-6-24-11)14(20)17(15(21)16-13)9-3-1-4-10(7-9)18(22)23/h1-8H,(H,16,19,21)/b12-8+. The van der Waals surface area contributed by atoms with E-state index in [9.17, 15) is 24.5 Å². The zero-order chi connectivity index (χ0) is 17.3. The summed E-state index contributed by atoms with van der Waals surface area (Å²) in [6, 6.07) is 7.09. The fraction of sp³-hybridized carbons (Fsp3) is 0. The van der Waals surface area contributed by atoms with Crippen LogP contribution in [0.3, 0.4) is 0 Å². The first-order valence-corrected chi connectivity index (χ1v) is 6.67. The summed E-state index contributed by atoms with van der Waals surface area (Å²) in [7, 11) is 0. The number of hydrogen-bond acceptors (Lipinski definition) is 6. The van der Waals surface area contributed by atoms with Gasteiger partial charge in [-0.1, -0.05) is 6.07 Å². The molecular formula is C15H9N3O6. The van der Waals surface area contributed by atoms with E-state index >= 15 is 0 Å². The van der Waals surface area contributed by atoms with Crippen molar-refractivity contribution in [3.8, 4) is 0 Å². The summed E-state index contributed by atoms with van der Waals surface area (Å²) in [6.07, 6.45) is 2.55. The molecule has 1 fully saturated rings. The Hall–Kier alpha value is -3.75. The van der Waals surface area contributed by atoms with E-state index in [4.69, 9.17) is 4.42 Å². The first-order valence-electron chi connectivity index (χ1n) is 6.67. The van der Waals surface area contributed by atoms with Crippen LogP contribution in [-0.4, -0.2) is 22.8 Å². The molecule has 3 rings (SSSR count). The van der Waals surface area contributed by atoms with Crippen molar-refractivity contribution in [1.29, 1.82) is 0 Å². The van der Waals surface area contributed by atoms with E-state index in [1.165, 1.54) is 36.6 Å². The Balaban J connectivity index is 2.03. The molecule has 2 heterocycles. The number of anilines is 1. The monoisotopic (exact) mass is 327 g/mol. The molecule has 24 heavy (non-hydrogen) atoms. The number of rotatable bonds is 3.